The molecule has 4 heterocycles. The fourth-order valence-corrected chi connectivity index (χ4v) is 7.36. The van der Waals surface area contributed by atoms with Gasteiger partial charge in [-0.25, -0.2) is 0 Å². The molecule has 1 saturated carbocycles. The van der Waals surface area contributed by atoms with Crippen molar-refractivity contribution >= 4 is 33.4 Å². The van der Waals surface area contributed by atoms with E-state index in [2.05, 4.69) is 40.1 Å². The van der Waals surface area contributed by atoms with Gasteiger partial charge in [0.05, 0.1) is 16.8 Å². The Morgan fingerprint density at radius 1 is 1.09 bits per heavy atom. The molecule has 2 aromatic heterocycles. The van der Waals surface area contributed by atoms with Crippen LogP contribution in [0.4, 0.5) is 0 Å². The third-order valence-corrected chi connectivity index (χ3v) is 9.51. The van der Waals surface area contributed by atoms with E-state index in [1.165, 1.54) is 38.5 Å². The van der Waals surface area contributed by atoms with Crippen LogP contribution in [0.1, 0.15) is 89.0 Å². The zero-order valence-corrected chi connectivity index (χ0v) is 21.8. The molecule has 1 N–H and O–H groups in total. The van der Waals surface area contributed by atoms with Gasteiger partial charge in [0.25, 0.3) is 5.91 Å². The molecule has 1 saturated heterocycles. The first kappa shape index (κ1) is 23.9. The number of piperidine rings is 1. The summed E-state index contributed by atoms with van der Waals surface area (Å²) in [6, 6.07) is 5.50. The summed E-state index contributed by atoms with van der Waals surface area (Å²) in [5.41, 5.74) is 0.916. The van der Waals surface area contributed by atoms with E-state index in [4.69, 9.17) is 0 Å². The molecule has 0 radical (unpaired) electrons. The number of hydrogen-bond donors (Lipinski definition) is 1. The second-order valence-corrected chi connectivity index (χ2v) is 12.0. The van der Waals surface area contributed by atoms with E-state index in [0.29, 0.717) is 25.2 Å². The molecule has 0 bridgehead atoms. The monoisotopic (exact) mass is 484 g/mol. The first-order chi connectivity index (χ1) is 16.4. The molecule has 6 nitrogen and oxygen atoms in total. The first-order valence-corrected chi connectivity index (χ1v) is 14.2. The standard InChI is InChI=1S/C27H40N4O2S/c1-19-9-7-10-20(2)29(19)14-8-15-31-25(32)23-17-24-22(13-16-34-24)30(23)18-27(31,3)26(33)28-21-11-5-4-6-12-21/h13,16-17,19-21H,4-12,14-15,18H2,1-3H3,(H,28,33). The zero-order valence-electron chi connectivity index (χ0n) is 21.0. The maximum Gasteiger partial charge on any atom is 0.271 e. The number of thiophene rings is 1. The van der Waals surface area contributed by atoms with Crippen LogP contribution in [0.5, 0.6) is 0 Å². The Morgan fingerprint density at radius 3 is 2.56 bits per heavy atom. The highest BCUT2D eigenvalue weighted by Gasteiger charge is 2.48. The molecule has 0 aromatic carbocycles. The fourth-order valence-electron chi connectivity index (χ4n) is 6.54. The quantitative estimate of drug-likeness (QED) is 0.626. The average molecular weight is 485 g/mol. The Hall–Kier alpha value is -1.86. The number of nitrogens with one attached hydrogen (secondary N) is 1. The second-order valence-electron chi connectivity index (χ2n) is 11.0. The molecule has 3 atom stereocenters. The summed E-state index contributed by atoms with van der Waals surface area (Å²) in [5.74, 6) is 0.00544. The number of carbonyl (C=O) groups excluding carboxylic acids is 2. The van der Waals surface area contributed by atoms with E-state index >= 15 is 0 Å². The van der Waals surface area contributed by atoms with Gasteiger partial charge in [-0.1, -0.05) is 25.7 Å². The summed E-state index contributed by atoms with van der Waals surface area (Å²) in [6.07, 6.45) is 10.4. The van der Waals surface area contributed by atoms with Crippen LogP contribution in [0, 0.1) is 0 Å². The Labute approximate surface area is 207 Å². The lowest BCUT2D eigenvalue weighted by atomic mass is 9.91. The molecule has 34 heavy (non-hydrogen) atoms. The smallest absolute Gasteiger partial charge is 0.271 e. The maximum atomic E-state index is 13.8. The summed E-state index contributed by atoms with van der Waals surface area (Å²) in [4.78, 5) is 32.1. The van der Waals surface area contributed by atoms with Gasteiger partial charge >= 0.3 is 0 Å². The van der Waals surface area contributed by atoms with E-state index in [1.807, 2.05) is 17.9 Å². The topological polar surface area (TPSA) is 57.6 Å². The number of amides is 2. The van der Waals surface area contributed by atoms with Crippen LogP contribution in [0.3, 0.4) is 0 Å². The molecule has 186 valence electrons. The van der Waals surface area contributed by atoms with Gasteiger partial charge in [0, 0.05) is 31.2 Å². The van der Waals surface area contributed by atoms with Gasteiger partial charge in [-0.2, -0.15) is 0 Å². The van der Waals surface area contributed by atoms with Crippen molar-refractivity contribution in [2.24, 2.45) is 0 Å². The molecule has 1 aliphatic carbocycles. The minimum absolute atomic E-state index is 0.00400. The highest BCUT2D eigenvalue weighted by Crippen LogP contribution is 2.35. The van der Waals surface area contributed by atoms with E-state index < -0.39 is 5.54 Å². The van der Waals surface area contributed by atoms with Crippen molar-refractivity contribution in [1.29, 1.82) is 0 Å². The lowest BCUT2D eigenvalue weighted by molar-refractivity contribution is -0.133. The van der Waals surface area contributed by atoms with Crippen molar-refractivity contribution in [2.75, 3.05) is 13.1 Å². The predicted octanol–water partition coefficient (Wildman–Crippen LogP) is 5.02. The van der Waals surface area contributed by atoms with Gasteiger partial charge in [-0.15, -0.1) is 11.3 Å². The van der Waals surface area contributed by atoms with Crippen molar-refractivity contribution in [2.45, 2.75) is 109 Å². The summed E-state index contributed by atoms with van der Waals surface area (Å²) < 4.78 is 3.20. The highest BCUT2D eigenvalue weighted by atomic mass is 32.1. The fraction of sp³-hybridized carbons (Fsp3) is 0.704. The van der Waals surface area contributed by atoms with Crippen molar-refractivity contribution in [3.05, 3.63) is 23.2 Å². The predicted molar refractivity (Wildman–Crippen MR) is 138 cm³/mol. The van der Waals surface area contributed by atoms with Gasteiger partial charge < -0.3 is 14.8 Å². The second kappa shape index (κ2) is 9.65. The zero-order chi connectivity index (χ0) is 23.9. The molecule has 0 spiro atoms. The van der Waals surface area contributed by atoms with Crippen LogP contribution in [-0.4, -0.2) is 62.9 Å². The van der Waals surface area contributed by atoms with E-state index in [9.17, 15) is 9.59 Å². The van der Waals surface area contributed by atoms with Crippen molar-refractivity contribution < 1.29 is 9.59 Å². The van der Waals surface area contributed by atoms with E-state index in [-0.39, 0.29) is 17.9 Å². The summed E-state index contributed by atoms with van der Waals surface area (Å²) in [7, 11) is 0. The minimum Gasteiger partial charge on any atom is -0.351 e. The Balaban J connectivity index is 1.38. The molecule has 7 heteroatoms. The summed E-state index contributed by atoms with van der Waals surface area (Å²) in [6.45, 7) is 8.73. The van der Waals surface area contributed by atoms with Crippen molar-refractivity contribution in [3.63, 3.8) is 0 Å². The Kier molecular flexibility index (Phi) is 6.77. The molecular formula is C27H40N4O2S. The van der Waals surface area contributed by atoms with E-state index in [1.54, 1.807) is 11.3 Å². The molecule has 2 aliphatic heterocycles. The normalized spacial score (nSPS) is 28.9. The number of fused-ring (bicyclic) bond motifs is 3. The number of hydrogen-bond acceptors (Lipinski definition) is 4. The lowest BCUT2D eigenvalue weighted by Crippen LogP contribution is -2.65. The van der Waals surface area contributed by atoms with Crippen LogP contribution in [0.2, 0.25) is 0 Å². The third kappa shape index (κ3) is 4.30. The lowest BCUT2D eigenvalue weighted by Gasteiger charge is -2.45. The Morgan fingerprint density at radius 2 is 1.82 bits per heavy atom. The summed E-state index contributed by atoms with van der Waals surface area (Å²) in [5, 5.41) is 5.41. The number of rotatable bonds is 6. The van der Waals surface area contributed by atoms with Gasteiger partial charge in [-0.05, 0) is 70.4 Å². The van der Waals surface area contributed by atoms with Crippen molar-refractivity contribution in [3.8, 4) is 0 Å². The van der Waals surface area contributed by atoms with Crippen LogP contribution in [0.15, 0.2) is 17.5 Å². The highest BCUT2D eigenvalue weighted by molar-refractivity contribution is 7.17. The average Bonchev–Trinajstić information content (AvgIpc) is 3.41. The molecule has 2 aromatic rings. The van der Waals surface area contributed by atoms with Crippen LogP contribution >= 0.6 is 11.3 Å². The van der Waals surface area contributed by atoms with Gasteiger partial charge in [-0.3, -0.25) is 14.5 Å². The van der Waals surface area contributed by atoms with E-state index in [0.717, 1.165) is 41.7 Å². The molecule has 3 unspecified atom stereocenters. The van der Waals surface area contributed by atoms with Gasteiger partial charge in [0.15, 0.2) is 0 Å². The molecule has 2 fully saturated rings. The number of nitrogens with zero attached hydrogens (tertiary/aromatic N) is 3. The number of aromatic nitrogens is 1. The Bertz CT molecular complexity index is 1030. The largest absolute Gasteiger partial charge is 0.351 e. The maximum absolute atomic E-state index is 13.8. The molecular weight excluding hydrogens is 444 g/mol. The van der Waals surface area contributed by atoms with Crippen LogP contribution in [-0.2, 0) is 11.3 Å². The summed E-state index contributed by atoms with van der Waals surface area (Å²) >= 11 is 1.66. The SMILES string of the molecule is CC1CCCC(C)N1CCCN1C(=O)c2cc3sccc3n2CC1(C)C(=O)NC1CCCCC1. The van der Waals surface area contributed by atoms with Crippen molar-refractivity contribution in [1.82, 2.24) is 19.7 Å². The third-order valence-electron chi connectivity index (χ3n) is 8.65. The van der Waals surface area contributed by atoms with Gasteiger partial charge in [0.2, 0.25) is 5.91 Å². The van der Waals surface area contributed by atoms with Crippen LogP contribution < -0.4 is 5.32 Å². The molecule has 2 amide bonds. The minimum atomic E-state index is -0.880. The molecule has 5 rings (SSSR count). The molecule has 3 aliphatic rings. The van der Waals surface area contributed by atoms with Gasteiger partial charge in [0.1, 0.15) is 11.2 Å². The number of carbonyl (C=O) groups is 2. The first-order valence-electron chi connectivity index (χ1n) is 13.3. The van der Waals surface area contributed by atoms with Crippen LogP contribution in [0.25, 0.3) is 10.2 Å². The number of likely N-dealkylation sites (tertiary alicyclic amines) is 1.